The fourth-order valence-electron chi connectivity index (χ4n) is 2.19. The number of methoxy groups -OCH3 is 1. The molecule has 0 radical (unpaired) electrons. The molecule has 0 spiro atoms. The molecule has 3 aromatic rings. The van der Waals surface area contributed by atoms with Crippen molar-refractivity contribution in [2.75, 3.05) is 12.4 Å². The molecule has 0 fully saturated rings. The zero-order valence-electron chi connectivity index (χ0n) is 13.1. The van der Waals surface area contributed by atoms with Gasteiger partial charge in [0, 0.05) is 5.02 Å². The van der Waals surface area contributed by atoms with Crippen molar-refractivity contribution in [3.63, 3.8) is 0 Å². The molecule has 0 saturated carbocycles. The molecule has 0 atom stereocenters. The van der Waals surface area contributed by atoms with E-state index >= 15 is 0 Å². The van der Waals surface area contributed by atoms with Gasteiger partial charge in [-0.1, -0.05) is 34.5 Å². The number of nitrogens with zero attached hydrogens (tertiary/aromatic N) is 1. The maximum absolute atomic E-state index is 13.2. The second kappa shape index (κ2) is 7.71. The third-order valence-electron chi connectivity index (χ3n) is 3.26. The van der Waals surface area contributed by atoms with E-state index < -0.39 is 5.91 Å². The van der Waals surface area contributed by atoms with Gasteiger partial charge in [0.1, 0.15) is 11.6 Å². The van der Waals surface area contributed by atoms with Gasteiger partial charge in [0.25, 0.3) is 5.91 Å². The molecule has 26 heavy (non-hydrogen) atoms. The molecule has 0 unspecified atom stereocenters. The molecule has 134 valence electrons. The van der Waals surface area contributed by atoms with E-state index in [1.54, 1.807) is 6.07 Å². The van der Waals surface area contributed by atoms with E-state index in [2.05, 4.69) is 15.6 Å². The van der Waals surface area contributed by atoms with Crippen LogP contribution in [-0.4, -0.2) is 23.1 Å². The fraction of sp³-hybridized carbons (Fsp3) is 0.0625. The monoisotopic (exact) mass is 429 g/mol. The van der Waals surface area contributed by atoms with Crippen LogP contribution >= 0.6 is 46.8 Å². The second-order valence-electron chi connectivity index (χ2n) is 5.01. The standard InChI is InChI=1S/C16H10Cl2FN3O2S2/c1-24-13-9(4-7(17)5-10(13)18)14(23)21-15(25)22-16-20-11-3-2-8(19)6-12(11)26-16/h2-6H,1H3,(H2,20,21,22,23,25). The van der Waals surface area contributed by atoms with E-state index in [1.807, 2.05) is 0 Å². The van der Waals surface area contributed by atoms with Gasteiger partial charge in [-0.15, -0.1) is 0 Å². The number of fused-ring (bicyclic) bond motifs is 1. The predicted octanol–water partition coefficient (Wildman–Crippen LogP) is 4.88. The van der Waals surface area contributed by atoms with Crippen molar-refractivity contribution in [1.82, 2.24) is 10.3 Å². The summed E-state index contributed by atoms with van der Waals surface area (Å²) in [5, 5.41) is 6.24. The Labute approximate surface area is 167 Å². The molecule has 10 heteroatoms. The Morgan fingerprint density at radius 1 is 1.31 bits per heavy atom. The first kappa shape index (κ1) is 18.8. The normalized spacial score (nSPS) is 10.6. The Kier molecular flexibility index (Phi) is 5.57. The Morgan fingerprint density at radius 3 is 2.81 bits per heavy atom. The summed E-state index contributed by atoms with van der Waals surface area (Å²) in [5.41, 5.74) is 0.761. The van der Waals surface area contributed by atoms with Gasteiger partial charge in [-0.2, -0.15) is 0 Å². The number of hydrogen-bond acceptors (Lipinski definition) is 5. The van der Waals surface area contributed by atoms with Crippen LogP contribution in [0.1, 0.15) is 10.4 Å². The summed E-state index contributed by atoms with van der Waals surface area (Å²) < 4.78 is 19.0. The van der Waals surface area contributed by atoms with E-state index in [-0.39, 0.29) is 32.3 Å². The molecule has 0 saturated heterocycles. The molecule has 5 nitrogen and oxygen atoms in total. The Balaban J connectivity index is 1.76. The first-order valence-electron chi connectivity index (χ1n) is 7.09. The zero-order valence-corrected chi connectivity index (χ0v) is 16.2. The number of aromatic nitrogens is 1. The second-order valence-corrected chi connectivity index (χ2v) is 7.29. The van der Waals surface area contributed by atoms with Gasteiger partial charge < -0.3 is 10.1 Å². The van der Waals surface area contributed by atoms with Crippen LogP contribution in [-0.2, 0) is 0 Å². The lowest BCUT2D eigenvalue weighted by Gasteiger charge is -2.12. The number of carbonyl (C=O) groups excluding carboxylic acids is 1. The lowest BCUT2D eigenvalue weighted by Crippen LogP contribution is -2.34. The van der Waals surface area contributed by atoms with Crippen LogP contribution in [0.2, 0.25) is 10.0 Å². The van der Waals surface area contributed by atoms with Crippen molar-refractivity contribution in [3.05, 3.63) is 51.8 Å². The van der Waals surface area contributed by atoms with Crippen LogP contribution in [0.15, 0.2) is 30.3 Å². The third-order valence-corrected chi connectivity index (χ3v) is 4.89. The highest BCUT2D eigenvalue weighted by Crippen LogP contribution is 2.32. The Bertz CT molecular complexity index is 1030. The van der Waals surface area contributed by atoms with Crippen molar-refractivity contribution in [3.8, 4) is 5.75 Å². The number of carbonyl (C=O) groups is 1. The van der Waals surface area contributed by atoms with Crippen molar-refractivity contribution < 1.29 is 13.9 Å². The van der Waals surface area contributed by atoms with E-state index in [9.17, 15) is 9.18 Å². The summed E-state index contributed by atoms with van der Waals surface area (Å²) in [7, 11) is 1.39. The number of halogens is 3. The topological polar surface area (TPSA) is 63.2 Å². The number of rotatable bonds is 3. The summed E-state index contributed by atoms with van der Waals surface area (Å²) in [5.74, 6) is -0.712. The molecule has 3 rings (SSSR count). The van der Waals surface area contributed by atoms with Gasteiger partial charge in [-0.25, -0.2) is 9.37 Å². The number of hydrogen-bond donors (Lipinski definition) is 2. The van der Waals surface area contributed by atoms with Gasteiger partial charge in [0.15, 0.2) is 10.2 Å². The average Bonchev–Trinajstić information content (AvgIpc) is 2.95. The molecular formula is C16H10Cl2FN3O2S2. The zero-order chi connectivity index (χ0) is 18.8. The minimum atomic E-state index is -0.545. The minimum absolute atomic E-state index is 0.0210. The number of amides is 1. The van der Waals surface area contributed by atoms with E-state index in [1.165, 1.54) is 42.7 Å². The number of nitrogens with one attached hydrogen (secondary N) is 2. The highest BCUT2D eigenvalue weighted by molar-refractivity contribution is 7.80. The number of benzene rings is 2. The van der Waals surface area contributed by atoms with Crippen LogP contribution < -0.4 is 15.4 Å². The van der Waals surface area contributed by atoms with Crippen LogP contribution in [0.25, 0.3) is 10.2 Å². The summed E-state index contributed by atoms with van der Waals surface area (Å²) >= 11 is 18.3. The average molecular weight is 430 g/mol. The predicted molar refractivity (Wildman–Crippen MR) is 106 cm³/mol. The van der Waals surface area contributed by atoms with E-state index in [0.717, 1.165) is 0 Å². The lowest BCUT2D eigenvalue weighted by molar-refractivity contribution is 0.0975. The van der Waals surface area contributed by atoms with Crippen molar-refractivity contribution in [2.45, 2.75) is 0 Å². The Hall–Kier alpha value is -2.00. The van der Waals surface area contributed by atoms with Crippen molar-refractivity contribution in [1.29, 1.82) is 0 Å². The van der Waals surface area contributed by atoms with Gasteiger partial charge in [0.05, 0.1) is 27.9 Å². The number of thiocarbonyl (C=S) groups is 1. The van der Waals surface area contributed by atoms with Crippen molar-refractivity contribution in [2.24, 2.45) is 0 Å². The smallest absolute Gasteiger partial charge is 0.261 e. The summed E-state index contributed by atoms with van der Waals surface area (Å²) in [6, 6.07) is 7.15. The molecule has 0 aliphatic rings. The molecule has 1 heterocycles. The summed E-state index contributed by atoms with van der Waals surface area (Å²) in [6.07, 6.45) is 0. The van der Waals surface area contributed by atoms with Gasteiger partial charge >= 0.3 is 0 Å². The van der Waals surface area contributed by atoms with Crippen LogP contribution in [0, 0.1) is 5.82 Å². The first-order chi connectivity index (χ1) is 12.4. The maximum atomic E-state index is 13.2. The van der Waals surface area contributed by atoms with Crippen LogP contribution in [0.5, 0.6) is 5.75 Å². The third kappa shape index (κ3) is 4.04. The van der Waals surface area contributed by atoms with Gasteiger partial charge in [0.2, 0.25) is 0 Å². The van der Waals surface area contributed by atoms with E-state index in [4.69, 9.17) is 40.2 Å². The van der Waals surface area contributed by atoms with Gasteiger partial charge in [-0.3, -0.25) is 10.1 Å². The first-order valence-corrected chi connectivity index (χ1v) is 9.07. The molecule has 1 amide bonds. The van der Waals surface area contributed by atoms with Crippen LogP contribution in [0.4, 0.5) is 9.52 Å². The molecule has 2 N–H and O–H groups in total. The highest BCUT2D eigenvalue weighted by Gasteiger charge is 2.18. The molecule has 0 aliphatic heterocycles. The highest BCUT2D eigenvalue weighted by atomic mass is 35.5. The van der Waals surface area contributed by atoms with E-state index in [0.29, 0.717) is 15.3 Å². The van der Waals surface area contributed by atoms with Crippen LogP contribution in [0.3, 0.4) is 0 Å². The summed E-state index contributed by atoms with van der Waals surface area (Å²) in [4.78, 5) is 16.7. The number of thiazole rings is 1. The number of ether oxygens (including phenoxy) is 1. The molecule has 1 aromatic heterocycles. The van der Waals surface area contributed by atoms with Crippen molar-refractivity contribution >= 4 is 73.1 Å². The largest absolute Gasteiger partial charge is 0.494 e. The fourth-order valence-corrected chi connectivity index (χ4v) is 3.91. The number of anilines is 1. The lowest BCUT2D eigenvalue weighted by atomic mass is 10.2. The minimum Gasteiger partial charge on any atom is -0.494 e. The maximum Gasteiger partial charge on any atom is 0.261 e. The molecular weight excluding hydrogens is 420 g/mol. The molecule has 0 bridgehead atoms. The molecule has 2 aromatic carbocycles. The summed E-state index contributed by atoms with van der Waals surface area (Å²) in [6.45, 7) is 0. The molecule has 0 aliphatic carbocycles. The SMILES string of the molecule is COc1c(Cl)cc(Cl)cc1C(=O)NC(=S)Nc1nc2ccc(F)cc2s1. The Morgan fingerprint density at radius 2 is 2.08 bits per heavy atom. The quantitative estimate of drug-likeness (QED) is 0.580. The van der Waals surface area contributed by atoms with Gasteiger partial charge in [-0.05, 0) is 42.5 Å².